The van der Waals surface area contributed by atoms with E-state index in [4.69, 9.17) is 14.6 Å². The second-order valence-corrected chi connectivity index (χ2v) is 10.8. The first-order valence-corrected chi connectivity index (χ1v) is 13.8. The van der Waals surface area contributed by atoms with Crippen molar-refractivity contribution in [2.75, 3.05) is 31.5 Å². The van der Waals surface area contributed by atoms with Gasteiger partial charge in [0.05, 0.1) is 13.1 Å². The lowest BCUT2D eigenvalue weighted by molar-refractivity contribution is -0.938. The van der Waals surface area contributed by atoms with E-state index in [0.717, 1.165) is 53.8 Å². The number of Topliss-reactive ketones (excluding diaryl/α,β-unsaturated/α-hetero) is 1. The number of rotatable bonds is 8. The predicted octanol–water partition coefficient (Wildman–Crippen LogP) is 4.24. The molecule has 3 fully saturated rings. The van der Waals surface area contributed by atoms with E-state index >= 15 is 0 Å². The number of fused-ring (bicyclic) bond motifs is 3. The maximum atomic E-state index is 13.4. The number of hydrogen-bond acceptors (Lipinski definition) is 7. The molecule has 0 radical (unpaired) electrons. The number of ether oxygens (including phenoxy) is 1. The van der Waals surface area contributed by atoms with Crippen LogP contribution in [-0.2, 0) is 14.3 Å². The molecule has 2 aromatic carbocycles. The summed E-state index contributed by atoms with van der Waals surface area (Å²) in [5.41, 5.74) is 2.55. The highest BCUT2D eigenvalue weighted by Gasteiger charge is 2.49. The molecule has 0 spiro atoms. The zero-order valence-electron chi connectivity index (χ0n) is 21.5. The number of quaternary nitrogens is 1. The molecule has 2 bridgehead atoms. The van der Waals surface area contributed by atoms with Crippen LogP contribution in [0.5, 0.6) is 0 Å². The summed E-state index contributed by atoms with van der Waals surface area (Å²) in [4.78, 5) is 35.1. The maximum absolute atomic E-state index is 13.4. The van der Waals surface area contributed by atoms with Gasteiger partial charge in [0.25, 0.3) is 0 Å². The van der Waals surface area contributed by atoms with Gasteiger partial charge in [-0.05, 0) is 29.1 Å². The normalized spacial score (nSPS) is 22.4. The highest BCUT2D eigenvalue weighted by molar-refractivity contribution is 7.08. The van der Waals surface area contributed by atoms with Gasteiger partial charge >= 0.3 is 12.1 Å². The van der Waals surface area contributed by atoms with Gasteiger partial charge in [0, 0.05) is 35.4 Å². The number of aliphatic carboxylic acids is 1. The molecule has 7 nitrogen and oxygen atoms in total. The fourth-order valence-electron chi connectivity index (χ4n) is 5.24. The zero-order valence-corrected chi connectivity index (χ0v) is 22.3. The Labute approximate surface area is 233 Å². The average molecular weight is 575 g/mol. The molecule has 6 rings (SSSR count). The summed E-state index contributed by atoms with van der Waals surface area (Å²) in [5.74, 6) is -2.70. The number of carboxylic acid groups (broad SMARTS) is 1. The molecular formula is C29H29F3N2O5S. The number of carbonyl (C=O) groups is 3. The van der Waals surface area contributed by atoms with Crippen molar-refractivity contribution in [3.05, 3.63) is 88.6 Å². The Kier molecular flexibility index (Phi) is 9.26. The number of carbonyl (C=O) groups excluding carboxylic acids is 3. The van der Waals surface area contributed by atoms with Crippen LogP contribution in [-0.4, -0.2) is 60.7 Å². The van der Waals surface area contributed by atoms with E-state index < -0.39 is 18.2 Å². The summed E-state index contributed by atoms with van der Waals surface area (Å²) in [5, 5.41) is 16.0. The van der Waals surface area contributed by atoms with Crippen LogP contribution in [0.4, 0.5) is 18.9 Å². The number of para-hydroxylation sites is 1. The number of anilines is 1. The van der Waals surface area contributed by atoms with Gasteiger partial charge in [0.2, 0.25) is 5.78 Å². The minimum atomic E-state index is -5.19. The lowest BCUT2D eigenvalue weighted by atomic mass is 9.82. The summed E-state index contributed by atoms with van der Waals surface area (Å²) in [7, 11) is 0. The highest BCUT2D eigenvalue weighted by Crippen LogP contribution is 2.37. The quantitative estimate of drug-likeness (QED) is 0.246. The van der Waals surface area contributed by atoms with E-state index in [9.17, 15) is 22.8 Å². The van der Waals surface area contributed by atoms with Crippen molar-refractivity contribution >= 4 is 34.7 Å². The van der Waals surface area contributed by atoms with Crippen LogP contribution in [0.3, 0.4) is 0 Å². The Bertz CT molecular complexity index is 1280. The van der Waals surface area contributed by atoms with Crippen molar-refractivity contribution in [1.82, 2.24) is 0 Å². The second-order valence-electron chi connectivity index (χ2n) is 10.0. The Morgan fingerprint density at radius 1 is 1.00 bits per heavy atom. The third-order valence-electron chi connectivity index (χ3n) is 7.32. The smallest absolute Gasteiger partial charge is 0.430 e. The molecule has 1 N–H and O–H groups in total. The average Bonchev–Trinajstić information content (AvgIpc) is 3.49. The molecule has 2 atom stereocenters. The van der Waals surface area contributed by atoms with Gasteiger partial charge in [-0.1, -0.05) is 48.5 Å². The monoisotopic (exact) mass is 574 g/mol. The fourth-order valence-corrected chi connectivity index (χ4v) is 5.90. The molecule has 3 aliphatic rings. The molecule has 40 heavy (non-hydrogen) atoms. The van der Waals surface area contributed by atoms with Crippen molar-refractivity contribution in [2.45, 2.75) is 31.2 Å². The molecule has 3 saturated heterocycles. The first-order chi connectivity index (χ1) is 19.1. The molecule has 0 unspecified atom stereocenters. The molecule has 0 aliphatic carbocycles. The van der Waals surface area contributed by atoms with Gasteiger partial charge < -0.3 is 24.4 Å². The van der Waals surface area contributed by atoms with Crippen LogP contribution in [0.25, 0.3) is 0 Å². The van der Waals surface area contributed by atoms with Crippen molar-refractivity contribution in [3.63, 3.8) is 0 Å². The number of hydrogen-bond donors (Lipinski definition) is 1. The summed E-state index contributed by atoms with van der Waals surface area (Å²) in [6.07, 6.45) is -3.35. The Hall–Kier alpha value is -3.70. The minimum Gasteiger partial charge on any atom is -0.542 e. The maximum Gasteiger partial charge on any atom is 0.430 e. The number of benzene rings is 2. The number of halogens is 3. The number of carboxylic acids is 1. The number of esters is 1. The molecule has 3 aromatic rings. The number of thiophene rings is 1. The van der Waals surface area contributed by atoms with Gasteiger partial charge in [-0.2, -0.15) is 24.5 Å². The Morgan fingerprint density at radius 2 is 1.60 bits per heavy atom. The number of ketones is 1. The molecule has 0 saturated carbocycles. The van der Waals surface area contributed by atoms with Crippen molar-refractivity contribution < 1.29 is 41.9 Å². The largest absolute Gasteiger partial charge is 0.542 e. The van der Waals surface area contributed by atoms with E-state index in [1.54, 1.807) is 11.3 Å². The number of nitrogens with one attached hydrogen (secondary N) is 1. The Morgan fingerprint density at radius 3 is 2.15 bits per heavy atom. The summed E-state index contributed by atoms with van der Waals surface area (Å²) < 4.78 is 38.5. The minimum absolute atomic E-state index is 0.154. The molecule has 212 valence electrons. The molecule has 11 heteroatoms. The topological polar surface area (TPSA) is 95.5 Å². The molecular weight excluding hydrogens is 545 g/mol. The molecule has 3 aliphatic heterocycles. The van der Waals surface area contributed by atoms with Crippen LogP contribution >= 0.6 is 11.3 Å². The van der Waals surface area contributed by atoms with Gasteiger partial charge in [-0.15, -0.1) is 0 Å². The third-order valence-corrected chi connectivity index (χ3v) is 8.00. The van der Waals surface area contributed by atoms with Crippen LogP contribution in [0, 0.1) is 5.92 Å². The lowest BCUT2D eigenvalue weighted by Crippen LogP contribution is -2.65. The van der Waals surface area contributed by atoms with Crippen LogP contribution in [0.1, 0.15) is 34.8 Å². The first kappa shape index (κ1) is 29.3. The third kappa shape index (κ3) is 7.48. The van der Waals surface area contributed by atoms with Crippen molar-refractivity contribution in [1.29, 1.82) is 0 Å². The van der Waals surface area contributed by atoms with Crippen LogP contribution in [0.2, 0.25) is 0 Å². The highest BCUT2D eigenvalue weighted by atomic mass is 32.1. The molecule has 1 aromatic heterocycles. The number of piperidine rings is 3. The zero-order chi connectivity index (χ0) is 28.8. The fraction of sp³-hybridized carbons (Fsp3) is 0.345. The van der Waals surface area contributed by atoms with Crippen LogP contribution < -0.4 is 10.4 Å². The molecule has 0 amide bonds. The summed E-state index contributed by atoms with van der Waals surface area (Å²) in [6, 6.07) is 20.8. The van der Waals surface area contributed by atoms with E-state index in [1.807, 2.05) is 77.5 Å². The van der Waals surface area contributed by atoms with Crippen molar-refractivity contribution in [3.8, 4) is 0 Å². The second kappa shape index (κ2) is 12.6. The molecule has 4 heterocycles. The standard InChI is InChI=1S/C27H29N2O3S.C2HF3O2/c30-24(22-13-16-33-19-22)17-29-14-11-20(12-15-29)25(18-29)32-27(31)26(21-7-3-1-4-8-21)28-23-9-5-2-6-10-23;3-2(4,5)1(6)7/h1-10,13,16,19-20,25-26,28H,11-12,14-15,17-18H2;(H,6,7)/q+1;/p-1/t20?,25-,26+,29?;/m0./s1. The van der Waals surface area contributed by atoms with E-state index in [2.05, 4.69) is 5.32 Å². The van der Waals surface area contributed by atoms with Gasteiger partial charge in [0.1, 0.15) is 19.1 Å². The van der Waals surface area contributed by atoms with Gasteiger partial charge in [0.15, 0.2) is 12.1 Å². The van der Waals surface area contributed by atoms with E-state index in [-0.39, 0.29) is 17.9 Å². The van der Waals surface area contributed by atoms with Crippen LogP contribution in [0.15, 0.2) is 77.5 Å². The summed E-state index contributed by atoms with van der Waals surface area (Å²) >= 11 is 1.55. The predicted molar refractivity (Wildman–Crippen MR) is 141 cm³/mol. The van der Waals surface area contributed by atoms with E-state index in [0.29, 0.717) is 12.5 Å². The van der Waals surface area contributed by atoms with E-state index in [1.165, 1.54) is 0 Å². The Balaban J connectivity index is 0.000000470. The van der Waals surface area contributed by atoms with Gasteiger partial charge in [-0.3, -0.25) is 4.79 Å². The van der Waals surface area contributed by atoms with Gasteiger partial charge in [-0.25, -0.2) is 4.79 Å². The number of nitrogens with zero attached hydrogens (tertiary/aromatic N) is 1. The lowest BCUT2D eigenvalue weighted by Gasteiger charge is -2.51. The van der Waals surface area contributed by atoms with Crippen molar-refractivity contribution in [2.24, 2.45) is 5.92 Å². The summed E-state index contributed by atoms with van der Waals surface area (Å²) in [6.45, 7) is 3.18. The number of alkyl halides is 3. The first-order valence-electron chi connectivity index (χ1n) is 12.8. The SMILES string of the molecule is O=C(C[N+]12CCC(CC1)[C@@H](OC(=O)[C@H](Nc1ccccc1)c1ccccc1)C2)c1ccsc1.O=C([O-])C(F)(F)F.